The van der Waals surface area contributed by atoms with Gasteiger partial charge in [0.15, 0.2) is 0 Å². The normalized spacial score (nSPS) is 11.7. The smallest absolute Gasteiger partial charge is 0.418 e. The highest BCUT2D eigenvalue weighted by Crippen LogP contribution is 2.44. The van der Waals surface area contributed by atoms with Gasteiger partial charge in [0.05, 0.1) is 25.3 Å². The fraction of sp³-hybridized carbons (Fsp3) is 0.333. The largest absolute Gasteiger partial charge is 0.673 e. The van der Waals surface area contributed by atoms with Gasteiger partial charge in [-0.05, 0) is 12.1 Å². The van der Waals surface area contributed by atoms with Gasteiger partial charge in [-0.3, -0.25) is 0 Å². The predicted octanol–water partition coefficient (Wildman–Crippen LogP) is 3.52. The molecule has 0 amide bonds. The van der Waals surface area contributed by atoms with Crippen LogP contribution in [-0.2, 0) is 0 Å². The van der Waals surface area contributed by atoms with Crippen molar-refractivity contribution < 1.29 is 17.3 Å². The van der Waals surface area contributed by atoms with E-state index in [-0.39, 0.29) is 0 Å². The van der Waals surface area contributed by atoms with Gasteiger partial charge in [-0.15, -0.1) is 0 Å². The number of hydrogen-bond donors (Lipinski definition) is 0. The lowest BCUT2D eigenvalue weighted by molar-refractivity contribution is 0.368. The Kier molecular flexibility index (Phi) is 5.29. The number of rotatable bonds is 1. The topological polar surface area (TPSA) is 0 Å². The van der Waals surface area contributed by atoms with Crippen LogP contribution < -0.4 is 5.30 Å². The Morgan fingerprint density at radius 2 is 1.20 bits per heavy atom. The van der Waals surface area contributed by atoms with Crippen molar-refractivity contribution in [2.75, 3.05) is 20.0 Å². The van der Waals surface area contributed by atoms with Gasteiger partial charge in [-0.2, -0.15) is 0 Å². The lowest BCUT2D eigenvalue weighted by Crippen LogP contribution is -2.05. The second-order valence-corrected chi connectivity index (χ2v) is 8.38. The van der Waals surface area contributed by atoms with E-state index >= 15 is 0 Å². The van der Waals surface area contributed by atoms with Crippen LogP contribution in [0.15, 0.2) is 30.3 Å². The van der Waals surface area contributed by atoms with Crippen molar-refractivity contribution in [3.8, 4) is 0 Å². The lowest BCUT2D eigenvalue weighted by Gasteiger charge is -2.10. The summed E-state index contributed by atoms with van der Waals surface area (Å²) in [6, 6.07) is 10.7. The Hall–Kier alpha value is -0.565. The van der Waals surface area contributed by atoms with Crippen molar-refractivity contribution in [1.29, 1.82) is 0 Å². The fourth-order valence-corrected chi connectivity index (χ4v) is 1.94. The van der Waals surface area contributed by atoms with Crippen LogP contribution in [0.1, 0.15) is 0 Å². The predicted molar refractivity (Wildman–Crippen MR) is 61.0 cm³/mol. The van der Waals surface area contributed by atoms with Crippen molar-refractivity contribution in [2.45, 2.75) is 0 Å². The minimum absolute atomic E-state index is 0.768. The van der Waals surface area contributed by atoms with E-state index in [0.29, 0.717) is 0 Å². The molecule has 0 unspecified atom stereocenters. The average Bonchev–Trinajstić information content (AvgIpc) is 2.01. The summed E-state index contributed by atoms with van der Waals surface area (Å²) in [4.78, 5) is 0. The number of hydrogen-bond acceptors (Lipinski definition) is 0. The average molecular weight is 240 g/mol. The summed E-state index contributed by atoms with van der Waals surface area (Å²) in [5, 5.41) is 1.51. The van der Waals surface area contributed by atoms with Gasteiger partial charge in [-0.25, -0.2) is 0 Å². The Balaban J connectivity index is 0.000000336. The highest BCUT2D eigenvalue weighted by Gasteiger charge is 2.20. The van der Waals surface area contributed by atoms with E-state index in [1.165, 1.54) is 5.30 Å². The zero-order valence-corrected chi connectivity index (χ0v) is 9.82. The highest BCUT2D eigenvalue weighted by molar-refractivity contribution is 7.80. The first-order chi connectivity index (χ1) is 6.61. The van der Waals surface area contributed by atoms with E-state index in [9.17, 15) is 17.3 Å². The van der Waals surface area contributed by atoms with E-state index in [1.807, 2.05) is 0 Å². The molecule has 1 rings (SSSR count). The third kappa shape index (κ3) is 9.73. The molecule has 0 bridgehead atoms. The summed E-state index contributed by atoms with van der Waals surface area (Å²) < 4.78 is 39.0. The molecule has 86 valence electrons. The van der Waals surface area contributed by atoms with Gasteiger partial charge < -0.3 is 17.3 Å². The molecule has 0 nitrogen and oxygen atoms in total. The summed E-state index contributed by atoms with van der Waals surface area (Å²) in [5.41, 5.74) is 0. The molecular formula is C9H14BF4P. The van der Waals surface area contributed by atoms with Gasteiger partial charge in [-0.1, -0.05) is 18.2 Å². The molecule has 1 aromatic carbocycles. The summed E-state index contributed by atoms with van der Waals surface area (Å²) in [7, 11) is -6.77. The van der Waals surface area contributed by atoms with Crippen LogP contribution in [0.3, 0.4) is 0 Å². The summed E-state index contributed by atoms with van der Waals surface area (Å²) >= 11 is 0. The van der Waals surface area contributed by atoms with Crippen LogP contribution in [0.5, 0.6) is 0 Å². The lowest BCUT2D eigenvalue weighted by atomic mass is 10.3. The van der Waals surface area contributed by atoms with Crippen LogP contribution in [0, 0.1) is 0 Å². The molecule has 0 aromatic heterocycles. The Morgan fingerprint density at radius 3 is 1.40 bits per heavy atom. The van der Waals surface area contributed by atoms with Crippen molar-refractivity contribution in [1.82, 2.24) is 0 Å². The molecule has 0 radical (unpaired) electrons. The minimum Gasteiger partial charge on any atom is -0.418 e. The van der Waals surface area contributed by atoms with Crippen molar-refractivity contribution in [3.63, 3.8) is 0 Å². The second-order valence-electron chi connectivity index (χ2n) is 3.84. The molecule has 0 aliphatic rings. The molecule has 1 aromatic rings. The molecule has 0 saturated heterocycles. The van der Waals surface area contributed by atoms with Gasteiger partial charge in [0, 0.05) is 7.26 Å². The molecule has 0 fully saturated rings. The summed E-state index contributed by atoms with van der Waals surface area (Å²) in [6.07, 6.45) is 0. The second kappa shape index (κ2) is 5.50. The Morgan fingerprint density at radius 1 is 0.867 bits per heavy atom. The van der Waals surface area contributed by atoms with E-state index in [2.05, 4.69) is 50.3 Å². The quantitative estimate of drug-likeness (QED) is 0.400. The molecule has 0 atom stereocenters. The monoisotopic (exact) mass is 240 g/mol. The van der Waals surface area contributed by atoms with Crippen LogP contribution in [0.2, 0.25) is 0 Å². The molecule has 0 N–H and O–H groups in total. The van der Waals surface area contributed by atoms with E-state index in [4.69, 9.17) is 0 Å². The zero-order valence-electron chi connectivity index (χ0n) is 8.92. The first-order valence-corrected chi connectivity index (χ1v) is 7.48. The maximum absolute atomic E-state index is 9.75. The number of benzene rings is 1. The number of halogens is 4. The third-order valence-corrected chi connectivity index (χ3v) is 3.38. The minimum atomic E-state index is -6.00. The van der Waals surface area contributed by atoms with Crippen molar-refractivity contribution in [2.24, 2.45) is 0 Å². The van der Waals surface area contributed by atoms with Crippen LogP contribution >= 0.6 is 7.26 Å². The van der Waals surface area contributed by atoms with Gasteiger partial charge in [0.1, 0.15) is 0 Å². The van der Waals surface area contributed by atoms with Crippen LogP contribution in [0.25, 0.3) is 0 Å². The molecule has 15 heavy (non-hydrogen) atoms. The van der Waals surface area contributed by atoms with E-state index in [0.717, 1.165) is 0 Å². The van der Waals surface area contributed by atoms with E-state index < -0.39 is 14.5 Å². The van der Waals surface area contributed by atoms with Crippen molar-refractivity contribution in [3.05, 3.63) is 30.3 Å². The molecular weight excluding hydrogens is 226 g/mol. The zero-order chi connectivity index (χ0) is 12.1. The molecule has 0 spiro atoms. The first-order valence-electron chi connectivity index (χ1n) is 4.35. The maximum atomic E-state index is 9.75. The van der Waals surface area contributed by atoms with Crippen molar-refractivity contribution >= 4 is 19.8 Å². The summed E-state index contributed by atoms with van der Waals surface area (Å²) in [6.45, 7) is 7.01. The molecule has 6 heteroatoms. The summed E-state index contributed by atoms with van der Waals surface area (Å²) in [5.74, 6) is 0. The maximum Gasteiger partial charge on any atom is 0.673 e. The van der Waals surface area contributed by atoms with Gasteiger partial charge in [0.25, 0.3) is 0 Å². The Labute approximate surface area is 88.1 Å². The molecule has 0 aliphatic carbocycles. The fourth-order valence-electron chi connectivity index (χ4n) is 0.875. The molecule has 0 saturated carbocycles. The molecule has 0 heterocycles. The van der Waals surface area contributed by atoms with Gasteiger partial charge in [0.2, 0.25) is 0 Å². The first kappa shape index (κ1) is 14.4. The molecule has 0 aliphatic heterocycles. The van der Waals surface area contributed by atoms with Gasteiger partial charge >= 0.3 is 7.25 Å². The Bertz CT molecular complexity index is 272. The third-order valence-electron chi connectivity index (χ3n) is 1.53. The van der Waals surface area contributed by atoms with Crippen LogP contribution in [0.4, 0.5) is 17.3 Å². The SMILES string of the molecule is C[P+](C)(C)c1ccccc1.F[B-](F)(F)F. The highest BCUT2D eigenvalue weighted by atomic mass is 31.2. The van der Waals surface area contributed by atoms with Crippen LogP contribution in [-0.4, -0.2) is 27.2 Å². The van der Waals surface area contributed by atoms with E-state index in [1.54, 1.807) is 0 Å². The standard InChI is InChI=1S/C9H14P.BF4/c1-10(2,3)9-7-5-4-6-8-9;2-1(3,4)5/h4-8H,1-3H3;/q+1;-1.